The average molecular weight is 563 g/mol. The van der Waals surface area contributed by atoms with Crippen LogP contribution in [0.1, 0.15) is 27.2 Å². The summed E-state index contributed by atoms with van der Waals surface area (Å²) >= 11 is 1.46. The Balaban J connectivity index is 1.39. The van der Waals surface area contributed by atoms with Gasteiger partial charge in [-0.2, -0.15) is 5.10 Å². The molecule has 6 rings (SSSR count). The number of halogens is 1. The molecule has 2 aliphatic rings. The lowest BCUT2D eigenvalue weighted by Crippen LogP contribution is -2.51. The van der Waals surface area contributed by atoms with Gasteiger partial charge in [-0.15, -0.1) is 11.3 Å². The van der Waals surface area contributed by atoms with Gasteiger partial charge in [0.25, 0.3) is 5.91 Å². The first-order chi connectivity index (χ1) is 19.3. The topological polar surface area (TPSA) is 66.7 Å². The Hall–Kier alpha value is -3.34. The Morgan fingerprint density at radius 1 is 1.12 bits per heavy atom. The number of piperidine rings is 1. The molecule has 2 aliphatic heterocycles. The zero-order chi connectivity index (χ0) is 28.0. The first kappa shape index (κ1) is 26.9. The van der Waals surface area contributed by atoms with Crippen molar-refractivity contribution in [2.24, 2.45) is 0 Å². The number of fused-ring (bicyclic) bond motifs is 1. The molecule has 1 amide bonds. The number of rotatable bonds is 5. The summed E-state index contributed by atoms with van der Waals surface area (Å²) < 4.78 is 23.3. The maximum atomic E-state index is 15.0. The summed E-state index contributed by atoms with van der Waals surface area (Å²) in [5.41, 5.74) is 5.75. The van der Waals surface area contributed by atoms with Gasteiger partial charge in [0.2, 0.25) is 0 Å². The second kappa shape index (κ2) is 10.9. The molecule has 0 radical (unpaired) electrons. The number of morpholine rings is 1. The molecule has 3 aromatic heterocycles. The molecule has 2 atom stereocenters. The third-order valence-electron chi connectivity index (χ3n) is 7.98. The molecule has 0 N–H and O–H groups in total. The summed E-state index contributed by atoms with van der Waals surface area (Å²) in [5.74, 6) is 0.582. The molecule has 4 aromatic rings. The maximum absolute atomic E-state index is 15.0. The number of anilines is 1. The largest absolute Gasteiger partial charge is 0.378 e. The van der Waals surface area contributed by atoms with Gasteiger partial charge in [-0.05, 0) is 52.1 Å². The number of hydrogen-bond acceptors (Lipinski definition) is 7. The zero-order valence-electron chi connectivity index (χ0n) is 23.4. The number of thiophene rings is 1. The lowest BCUT2D eigenvalue weighted by Gasteiger charge is -2.37. The fraction of sp³-hybridized carbons (Fsp3) is 0.433. The zero-order valence-corrected chi connectivity index (χ0v) is 24.2. The van der Waals surface area contributed by atoms with E-state index in [1.807, 2.05) is 44.2 Å². The summed E-state index contributed by atoms with van der Waals surface area (Å²) in [5, 5.41) is 4.85. The minimum Gasteiger partial charge on any atom is -0.378 e. The summed E-state index contributed by atoms with van der Waals surface area (Å²) in [4.78, 5) is 25.3. The highest BCUT2D eigenvalue weighted by molar-refractivity contribution is 7.21. The second-order valence-electron chi connectivity index (χ2n) is 10.9. The van der Waals surface area contributed by atoms with Gasteiger partial charge in [0.15, 0.2) is 5.82 Å². The third kappa shape index (κ3) is 5.00. The van der Waals surface area contributed by atoms with Crippen molar-refractivity contribution in [1.29, 1.82) is 0 Å². The molecule has 5 heterocycles. The van der Waals surface area contributed by atoms with Crippen molar-refractivity contribution in [2.45, 2.75) is 32.5 Å². The predicted octanol–water partition coefficient (Wildman–Crippen LogP) is 4.72. The molecule has 8 nitrogen and oxygen atoms in total. The van der Waals surface area contributed by atoms with Crippen LogP contribution in [0.25, 0.3) is 27.3 Å². The number of benzene rings is 1. The molecule has 0 aliphatic carbocycles. The SMILES string of the molecule is Cc1cccc(-c2ccn(-c3cc(N4CCOCC4)c4sc(C(=O)N5CCC(N(C)C)C(F)C5)c(C)c4n3)n2)c1. The summed E-state index contributed by atoms with van der Waals surface area (Å²) in [6.45, 7) is 7.48. The molecule has 2 fully saturated rings. The minimum absolute atomic E-state index is 0.111. The molecule has 210 valence electrons. The molecule has 0 bridgehead atoms. The van der Waals surface area contributed by atoms with E-state index in [1.54, 1.807) is 9.58 Å². The van der Waals surface area contributed by atoms with E-state index in [0.717, 1.165) is 45.8 Å². The highest BCUT2D eigenvalue weighted by Gasteiger charge is 2.34. The van der Waals surface area contributed by atoms with E-state index < -0.39 is 6.17 Å². The molecular weight excluding hydrogens is 527 g/mol. The van der Waals surface area contributed by atoms with Gasteiger partial charge in [-0.1, -0.05) is 23.8 Å². The Morgan fingerprint density at radius 2 is 1.93 bits per heavy atom. The van der Waals surface area contributed by atoms with Crippen molar-refractivity contribution in [3.05, 3.63) is 58.6 Å². The summed E-state index contributed by atoms with van der Waals surface area (Å²) in [6.07, 6.45) is 1.48. The fourth-order valence-electron chi connectivity index (χ4n) is 5.72. The lowest BCUT2D eigenvalue weighted by atomic mass is 10.0. The maximum Gasteiger partial charge on any atom is 0.264 e. The number of hydrogen-bond donors (Lipinski definition) is 0. The molecule has 40 heavy (non-hydrogen) atoms. The van der Waals surface area contributed by atoms with E-state index >= 15 is 0 Å². The molecular formula is C30H35FN6O2S. The van der Waals surface area contributed by atoms with E-state index in [1.165, 1.54) is 16.9 Å². The average Bonchev–Trinajstić information content (AvgIpc) is 3.58. The monoisotopic (exact) mass is 562 g/mol. The van der Waals surface area contributed by atoms with Gasteiger partial charge in [-0.3, -0.25) is 4.79 Å². The number of amides is 1. The van der Waals surface area contributed by atoms with Gasteiger partial charge in [0, 0.05) is 43.5 Å². The summed E-state index contributed by atoms with van der Waals surface area (Å²) in [7, 11) is 3.79. The molecule has 0 saturated carbocycles. The Labute approximate surface area is 238 Å². The lowest BCUT2D eigenvalue weighted by molar-refractivity contribution is 0.0423. The van der Waals surface area contributed by atoms with Crippen LogP contribution >= 0.6 is 11.3 Å². The fourth-order valence-corrected chi connectivity index (χ4v) is 6.98. The molecule has 0 spiro atoms. The van der Waals surface area contributed by atoms with Crippen LogP contribution in [-0.4, -0.2) is 96.2 Å². The molecule has 10 heteroatoms. The Kier molecular flexibility index (Phi) is 7.33. The quantitative estimate of drug-likeness (QED) is 0.351. The molecule has 1 aromatic carbocycles. The van der Waals surface area contributed by atoms with Crippen LogP contribution in [0, 0.1) is 13.8 Å². The highest BCUT2D eigenvalue weighted by Crippen LogP contribution is 2.39. The molecule has 2 saturated heterocycles. The van der Waals surface area contributed by atoms with Crippen molar-refractivity contribution in [1.82, 2.24) is 24.6 Å². The van der Waals surface area contributed by atoms with Gasteiger partial charge in [0.05, 0.1) is 46.2 Å². The Morgan fingerprint density at radius 3 is 2.65 bits per heavy atom. The van der Waals surface area contributed by atoms with Crippen LogP contribution in [0.5, 0.6) is 0 Å². The van der Waals surface area contributed by atoms with Gasteiger partial charge < -0.3 is 19.4 Å². The van der Waals surface area contributed by atoms with Crippen molar-refractivity contribution >= 4 is 33.1 Å². The number of likely N-dealkylation sites (tertiary alicyclic amines) is 1. The van der Waals surface area contributed by atoms with Crippen LogP contribution in [0.2, 0.25) is 0 Å². The van der Waals surface area contributed by atoms with Gasteiger partial charge in [-0.25, -0.2) is 14.1 Å². The second-order valence-corrected chi connectivity index (χ2v) is 12.0. The van der Waals surface area contributed by atoms with Crippen molar-refractivity contribution < 1.29 is 13.9 Å². The van der Waals surface area contributed by atoms with Crippen LogP contribution < -0.4 is 4.90 Å². The van der Waals surface area contributed by atoms with E-state index in [2.05, 4.69) is 36.1 Å². The third-order valence-corrected chi connectivity index (χ3v) is 9.27. The number of carbonyl (C=O) groups is 1. The van der Waals surface area contributed by atoms with Crippen LogP contribution in [0.4, 0.5) is 10.1 Å². The van der Waals surface area contributed by atoms with E-state index in [0.29, 0.717) is 36.9 Å². The van der Waals surface area contributed by atoms with Crippen LogP contribution in [0.15, 0.2) is 42.6 Å². The number of carbonyl (C=O) groups excluding carboxylic acids is 1. The normalized spacial score (nSPS) is 20.1. The molecule has 2 unspecified atom stereocenters. The summed E-state index contributed by atoms with van der Waals surface area (Å²) in [6, 6.07) is 12.2. The predicted molar refractivity (Wildman–Crippen MR) is 158 cm³/mol. The van der Waals surface area contributed by atoms with Crippen molar-refractivity contribution in [3.8, 4) is 17.1 Å². The first-order valence-corrected chi connectivity index (χ1v) is 14.6. The number of aryl methyl sites for hydroxylation is 2. The van der Waals surface area contributed by atoms with Crippen molar-refractivity contribution in [2.75, 3.05) is 58.4 Å². The highest BCUT2D eigenvalue weighted by atomic mass is 32.1. The van der Waals surface area contributed by atoms with Crippen molar-refractivity contribution in [3.63, 3.8) is 0 Å². The number of alkyl halides is 1. The number of pyridine rings is 1. The minimum atomic E-state index is -1.07. The number of nitrogens with zero attached hydrogens (tertiary/aromatic N) is 6. The first-order valence-electron chi connectivity index (χ1n) is 13.8. The number of ether oxygens (including phenoxy) is 1. The van der Waals surface area contributed by atoms with E-state index in [9.17, 15) is 9.18 Å². The van der Waals surface area contributed by atoms with Crippen LogP contribution in [-0.2, 0) is 4.74 Å². The van der Waals surface area contributed by atoms with Crippen LogP contribution in [0.3, 0.4) is 0 Å². The number of aromatic nitrogens is 3. The van der Waals surface area contributed by atoms with E-state index in [-0.39, 0.29) is 18.5 Å². The van der Waals surface area contributed by atoms with Gasteiger partial charge >= 0.3 is 0 Å². The standard InChI is InChI=1S/C30H35FN6O2S/c1-19-6-5-7-21(16-19)23-8-11-37(33-23)26-17-25(35-12-14-39-15-13-35)29-27(32-26)20(2)28(40-29)30(38)36-10-9-24(34(3)4)22(31)18-36/h5-8,11,16-17,22,24H,9-10,12-15,18H2,1-4H3. The Bertz CT molecular complexity index is 1540. The smallest absolute Gasteiger partial charge is 0.264 e. The van der Waals surface area contributed by atoms with Gasteiger partial charge in [0.1, 0.15) is 6.17 Å². The van der Waals surface area contributed by atoms with E-state index in [4.69, 9.17) is 14.8 Å².